The van der Waals surface area contributed by atoms with Crippen LogP contribution in [0.3, 0.4) is 0 Å². The average Bonchev–Trinajstić information content (AvgIpc) is 2.78. The maximum Gasteiger partial charge on any atom is 0.276 e. The average molecular weight is 303 g/mol. The van der Waals surface area contributed by atoms with Crippen molar-refractivity contribution in [3.05, 3.63) is 28.2 Å². The predicted molar refractivity (Wildman–Crippen MR) is 75.4 cm³/mol. The second-order valence-corrected chi connectivity index (χ2v) is 5.59. The van der Waals surface area contributed by atoms with Crippen molar-refractivity contribution in [2.45, 2.75) is 25.0 Å². The van der Waals surface area contributed by atoms with Crippen LogP contribution in [0.4, 0.5) is 0 Å². The lowest BCUT2D eigenvalue weighted by molar-refractivity contribution is 0.466. The summed E-state index contributed by atoms with van der Waals surface area (Å²) in [7, 11) is 0. The number of unbranched alkanes of at least 4 members (excludes halogenated alkanes) is 1. The number of halogens is 2. The fourth-order valence-electron chi connectivity index (χ4n) is 1.34. The second-order valence-electron chi connectivity index (χ2n) is 3.70. The molecule has 2 aromatic rings. The molecule has 2 rings (SSSR count). The molecule has 0 fully saturated rings. The molecule has 0 atom stereocenters. The van der Waals surface area contributed by atoms with E-state index in [4.69, 9.17) is 27.6 Å². The van der Waals surface area contributed by atoms with E-state index in [0.29, 0.717) is 26.7 Å². The summed E-state index contributed by atoms with van der Waals surface area (Å²) >= 11 is 13.5. The number of hydrogen-bond donors (Lipinski definition) is 0. The van der Waals surface area contributed by atoms with Gasteiger partial charge in [0.15, 0.2) is 0 Å². The Hall–Kier alpha value is -0.710. The van der Waals surface area contributed by atoms with Crippen LogP contribution in [-0.2, 0) is 0 Å². The molecule has 1 aromatic carbocycles. The first kappa shape index (κ1) is 13.7. The second kappa shape index (κ2) is 6.45. The van der Waals surface area contributed by atoms with Gasteiger partial charge in [-0.2, -0.15) is 0 Å². The summed E-state index contributed by atoms with van der Waals surface area (Å²) in [6, 6.07) is 5.18. The van der Waals surface area contributed by atoms with Gasteiger partial charge in [-0.15, -0.1) is 10.2 Å². The molecule has 96 valence electrons. The van der Waals surface area contributed by atoms with Crippen LogP contribution in [-0.4, -0.2) is 16.0 Å². The first-order valence-electron chi connectivity index (χ1n) is 5.62. The molecule has 1 aromatic heterocycles. The van der Waals surface area contributed by atoms with Gasteiger partial charge in [-0.1, -0.05) is 48.3 Å². The summed E-state index contributed by atoms with van der Waals surface area (Å²) in [4.78, 5) is 0. The maximum atomic E-state index is 6.08. The molecule has 0 aliphatic carbocycles. The van der Waals surface area contributed by atoms with Gasteiger partial charge in [0.25, 0.3) is 5.22 Å². The van der Waals surface area contributed by atoms with E-state index in [1.54, 1.807) is 30.0 Å². The zero-order valence-electron chi connectivity index (χ0n) is 9.82. The van der Waals surface area contributed by atoms with Crippen molar-refractivity contribution in [1.82, 2.24) is 10.2 Å². The Morgan fingerprint density at radius 1 is 1.28 bits per heavy atom. The third-order valence-corrected chi connectivity index (χ3v) is 3.74. The van der Waals surface area contributed by atoms with E-state index in [1.165, 1.54) is 0 Å². The van der Waals surface area contributed by atoms with Gasteiger partial charge >= 0.3 is 0 Å². The van der Waals surface area contributed by atoms with Crippen molar-refractivity contribution in [3.63, 3.8) is 0 Å². The van der Waals surface area contributed by atoms with Crippen molar-refractivity contribution >= 4 is 35.0 Å². The van der Waals surface area contributed by atoms with Crippen LogP contribution < -0.4 is 0 Å². The van der Waals surface area contributed by atoms with E-state index in [9.17, 15) is 0 Å². The molecule has 0 bridgehead atoms. The smallest absolute Gasteiger partial charge is 0.276 e. The Kier molecular flexibility index (Phi) is 4.92. The van der Waals surface area contributed by atoms with E-state index in [-0.39, 0.29) is 0 Å². The Labute approximate surface area is 120 Å². The molecular weight excluding hydrogens is 291 g/mol. The molecule has 0 spiro atoms. The molecule has 1 heterocycles. The summed E-state index contributed by atoms with van der Waals surface area (Å²) in [5, 5.41) is 9.64. The Bertz CT molecular complexity index is 531. The van der Waals surface area contributed by atoms with Gasteiger partial charge in [0, 0.05) is 10.8 Å². The van der Waals surface area contributed by atoms with E-state index in [2.05, 4.69) is 17.1 Å². The molecule has 0 saturated carbocycles. The summed E-state index contributed by atoms with van der Waals surface area (Å²) in [6.45, 7) is 2.15. The van der Waals surface area contributed by atoms with Crippen LogP contribution in [0.25, 0.3) is 11.5 Å². The van der Waals surface area contributed by atoms with Crippen molar-refractivity contribution in [2.24, 2.45) is 0 Å². The van der Waals surface area contributed by atoms with Crippen LogP contribution in [0.1, 0.15) is 19.8 Å². The van der Waals surface area contributed by atoms with Crippen LogP contribution in [0.2, 0.25) is 10.0 Å². The summed E-state index contributed by atoms with van der Waals surface area (Å²) in [5.41, 5.74) is 0.705. The number of nitrogens with zero attached hydrogens (tertiary/aromatic N) is 2. The standard InChI is InChI=1S/C12H12Cl2N2OS/c1-2-3-6-18-12-16-15-11(17-12)9-5-4-8(13)7-10(9)14/h4-5,7H,2-3,6H2,1H3. The molecule has 18 heavy (non-hydrogen) atoms. The van der Waals surface area contributed by atoms with Crippen molar-refractivity contribution in [3.8, 4) is 11.5 Å². The minimum absolute atomic E-state index is 0.427. The van der Waals surface area contributed by atoms with Gasteiger partial charge in [0.1, 0.15) is 0 Å². The first-order chi connectivity index (χ1) is 8.70. The molecule has 0 saturated heterocycles. The molecule has 0 aliphatic rings. The Morgan fingerprint density at radius 2 is 2.11 bits per heavy atom. The molecule has 0 N–H and O–H groups in total. The highest BCUT2D eigenvalue weighted by Crippen LogP contribution is 2.31. The molecule has 0 amide bonds. The molecule has 6 heteroatoms. The maximum absolute atomic E-state index is 6.08. The predicted octanol–water partition coefficient (Wildman–Crippen LogP) is 4.94. The zero-order chi connectivity index (χ0) is 13.0. The van der Waals surface area contributed by atoms with E-state index in [0.717, 1.165) is 18.6 Å². The van der Waals surface area contributed by atoms with Gasteiger partial charge < -0.3 is 4.42 Å². The van der Waals surface area contributed by atoms with Gasteiger partial charge in [0.2, 0.25) is 5.89 Å². The lowest BCUT2D eigenvalue weighted by atomic mass is 10.2. The lowest BCUT2D eigenvalue weighted by Gasteiger charge is -1.98. The largest absolute Gasteiger partial charge is 0.411 e. The molecular formula is C12H12Cl2N2OS. The normalized spacial score (nSPS) is 10.8. The van der Waals surface area contributed by atoms with Crippen LogP contribution in [0, 0.1) is 0 Å². The van der Waals surface area contributed by atoms with Gasteiger partial charge in [0.05, 0.1) is 10.6 Å². The minimum atomic E-state index is 0.427. The van der Waals surface area contributed by atoms with Crippen molar-refractivity contribution in [2.75, 3.05) is 5.75 Å². The van der Waals surface area contributed by atoms with Crippen LogP contribution in [0.15, 0.2) is 27.8 Å². The van der Waals surface area contributed by atoms with Gasteiger partial charge in [-0.3, -0.25) is 0 Å². The Balaban J connectivity index is 2.13. The molecule has 3 nitrogen and oxygen atoms in total. The topological polar surface area (TPSA) is 38.9 Å². The highest BCUT2D eigenvalue weighted by Gasteiger charge is 2.12. The third kappa shape index (κ3) is 3.40. The number of thioether (sulfide) groups is 1. The lowest BCUT2D eigenvalue weighted by Crippen LogP contribution is -1.79. The third-order valence-electron chi connectivity index (χ3n) is 2.29. The number of aromatic nitrogens is 2. The minimum Gasteiger partial charge on any atom is -0.411 e. The number of hydrogen-bond acceptors (Lipinski definition) is 4. The summed E-state index contributed by atoms with van der Waals surface area (Å²) < 4.78 is 5.55. The zero-order valence-corrected chi connectivity index (χ0v) is 12.1. The summed E-state index contributed by atoms with van der Waals surface area (Å²) in [5.74, 6) is 1.41. The van der Waals surface area contributed by atoms with E-state index < -0.39 is 0 Å². The molecule has 0 radical (unpaired) electrons. The first-order valence-corrected chi connectivity index (χ1v) is 7.36. The van der Waals surface area contributed by atoms with Crippen molar-refractivity contribution < 1.29 is 4.42 Å². The van der Waals surface area contributed by atoms with E-state index in [1.807, 2.05) is 0 Å². The quantitative estimate of drug-likeness (QED) is 0.579. The Morgan fingerprint density at radius 3 is 2.83 bits per heavy atom. The number of benzene rings is 1. The van der Waals surface area contributed by atoms with Gasteiger partial charge in [-0.25, -0.2) is 0 Å². The summed E-state index contributed by atoms with van der Waals surface area (Å²) in [6.07, 6.45) is 2.28. The van der Waals surface area contributed by atoms with E-state index >= 15 is 0 Å². The molecule has 0 aliphatic heterocycles. The van der Waals surface area contributed by atoms with Crippen molar-refractivity contribution in [1.29, 1.82) is 0 Å². The highest BCUT2D eigenvalue weighted by atomic mass is 35.5. The van der Waals surface area contributed by atoms with Crippen LogP contribution >= 0.6 is 35.0 Å². The number of rotatable bonds is 5. The SMILES string of the molecule is CCCCSc1nnc(-c2ccc(Cl)cc2Cl)o1. The van der Waals surface area contributed by atoms with Gasteiger partial charge in [-0.05, 0) is 24.6 Å². The van der Waals surface area contributed by atoms with Crippen LogP contribution in [0.5, 0.6) is 0 Å². The monoisotopic (exact) mass is 302 g/mol. The molecule has 0 unspecified atom stereocenters. The fraction of sp³-hybridized carbons (Fsp3) is 0.333. The highest BCUT2D eigenvalue weighted by molar-refractivity contribution is 7.99. The fourth-order valence-corrected chi connectivity index (χ4v) is 2.68.